The van der Waals surface area contributed by atoms with Gasteiger partial charge in [-0.3, -0.25) is 4.79 Å². The number of carbonyl (C=O) groups excluding carboxylic acids is 2. The molecule has 1 aliphatic heterocycles. The fourth-order valence-corrected chi connectivity index (χ4v) is 5.10. The molecule has 1 atom stereocenters. The second-order valence-corrected chi connectivity index (χ2v) is 9.81. The Balaban J connectivity index is 2.10. The predicted molar refractivity (Wildman–Crippen MR) is 108 cm³/mol. The van der Waals surface area contributed by atoms with Crippen molar-refractivity contribution >= 4 is 21.7 Å². The number of rotatable bonds is 8. The molecule has 2 rings (SSSR count). The summed E-state index contributed by atoms with van der Waals surface area (Å²) in [5.74, 6) is 0.0383. The SMILES string of the molecule is COc1cc(C(=O)OCC(=O)N(CC(C)C)[C@H]2CCS(=O)(=O)C2)cc(OC)c1C. The Morgan fingerprint density at radius 3 is 2.21 bits per heavy atom. The Labute approximate surface area is 172 Å². The third kappa shape index (κ3) is 5.85. The summed E-state index contributed by atoms with van der Waals surface area (Å²) < 4.78 is 39.3. The van der Waals surface area contributed by atoms with Gasteiger partial charge < -0.3 is 19.1 Å². The molecule has 0 bridgehead atoms. The molecule has 8 nitrogen and oxygen atoms in total. The van der Waals surface area contributed by atoms with Crippen LogP contribution >= 0.6 is 0 Å². The van der Waals surface area contributed by atoms with Crippen molar-refractivity contribution in [2.24, 2.45) is 5.92 Å². The highest BCUT2D eigenvalue weighted by Gasteiger charge is 2.35. The molecule has 1 amide bonds. The van der Waals surface area contributed by atoms with E-state index in [1.165, 1.54) is 31.3 Å². The highest BCUT2D eigenvalue weighted by molar-refractivity contribution is 7.91. The van der Waals surface area contributed by atoms with Crippen LogP contribution in [0.1, 0.15) is 36.2 Å². The molecule has 0 aliphatic carbocycles. The van der Waals surface area contributed by atoms with Crippen molar-refractivity contribution in [2.75, 3.05) is 38.9 Å². The van der Waals surface area contributed by atoms with Crippen LogP contribution in [0.4, 0.5) is 0 Å². The normalized spacial score (nSPS) is 17.8. The first-order chi connectivity index (χ1) is 13.6. The van der Waals surface area contributed by atoms with Gasteiger partial charge in [-0.2, -0.15) is 0 Å². The molecule has 0 radical (unpaired) electrons. The van der Waals surface area contributed by atoms with E-state index in [2.05, 4.69) is 0 Å². The highest BCUT2D eigenvalue weighted by atomic mass is 32.2. The number of benzene rings is 1. The van der Waals surface area contributed by atoms with Crippen molar-refractivity contribution < 1.29 is 32.2 Å². The Hall–Kier alpha value is -2.29. The van der Waals surface area contributed by atoms with Gasteiger partial charge in [-0.1, -0.05) is 13.8 Å². The summed E-state index contributed by atoms with van der Waals surface area (Å²) in [5, 5.41) is 0. The quantitative estimate of drug-likeness (QED) is 0.584. The van der Waals surface area contributed by atoms with Crippen LogP contribution in [0, 0.1) is 12.8 Å². The summed E-state index contributed by atoms with van der Waals surface area (Å²) >= 11 is 0. The Morgan fingerprint density at radius 2 is 1.76 bits per heavy atom. The van der Waals surface area contributed by atoms with Crippen molar-refractivity contribution in [3.05, 3.63) is 23.3 Å². The lowest BCUT2D eigenvalue weighted by Crippen LogP contribution is -2.45. The third-order valence-electron chi connectivity index (χ3n) is 4.85. The molecule has 1 saturated heterocycles. The van der Waals surface area contributed by atoms with Crippen LogP contribution < -0.4 is 9.47 Å². The van der Waals surface area contributed by atoms with Crippen LogP contribution in [-0.2, 0) is 19.4 Å². The maximum absolute atomic E-state index is 12.7. The molecule has 0 spiro atoms. The zero-order chi connectivity index (χ0) is 21.8. The number of hydrogen-bond donors (Lipinski definition) is 0. The van der Waals surface area contributed by atoms with E-state index in [4.69, 9.17) is 14.2 Å². The standard InChI is InChI=1S/C20H29NO7S/c1-13(2)10-21(16-6-7-29(24,25)12-16)19(22)11-28-20(23)15-8-17(26-4)14(3)18(9-15)27-5/h8-9,13,16H,6-7,10-12H2,1-5H3/t16-/m0/s1. The lowest BCUT2D eigenvalue weighted by atomic mass is 10.1. The molecule has 0 aromatic heterocycles. The summed E-state index contributed by atoms with van der Waals surface area (Å²) in [6.45, 7) is 5.64. The number of carbonyl (C=O) groups is 2. The molecular weight excluding hydrogens is 398 g/mol. The number of methoxy groups -OCH3 is 2. The molecule has 0 N–H and O–H groups in total. The lowest BCUT2D eigenvalue weighted by Gasteiger charge is -2.29. The van der Waals surface area contributed by atoms with E-state index in [-0.39, 0.29) is 29.0 Å². The molecule has 1 heterocycles. The van der Waals surface area contributed by atoms with Crippen LogP contribution in [0.5, 0.6) is 11.5 Å². The van der Waals surface area contributed by atoms with Crippen molar-refractivity contribution in [1.29, 1.82) is 0 Å². The van der Waals surface area contributed by atoms with E-state index in [0.717, 1.165) is 5.56 Å². The van der Waals surface area contributed by atoms with Gasteiger partial charge in [0.25, 0.3) is 5.91 Å². The lowest BCUT2D eigenvalue weighted by molar-refractivity contribution is -0.137. The molecule has 1 aromatic carbocycles. The highest BCUT2D eigenvalue weighted by Crippen LogP contribution is 2.29. The molecule has 0 saturated carbocycles. The average molecular weight is 428 g/mol. The maximum atomic E-state index is 12.7. The van der Waals surface area contributed by atoms with Crippen molar-refractivity contribution in [3.63, 3.8) is 0 Å². The van der Waals surface area contributed by atoms with E-state index in [9.17, 15) is 18.0 Å². The first kappa shape index (κ1) is 23.0. The summed E-state index contributed by atoms with van der Waals surface area (Å²) in [5.41, 5.74) is 0.948. The van der Waals surface area contributed by atoms with Crippen molar-refractivity contribution in [2.45, 2.75) is 33.2 Å². The number of ether oxygens (including phenoxy) is 3. The summed E-state index contributed by atoms with van der Waals surface area (Å²) in [7, 11) is -0.161. The largest absolute Gasteiger partial charge is 0.496 e. The second-order valence-electron chi connectivity index (χ2n) is 7.58. The fourth-order valence-electron chi connectivity index (χ4n) is 3.37. The molecule has 162 valence electrons. The maximum Gasteiger partial charge on any atom is 0.338 e. The van der Waals surface area contributed by atoms with Crippen LogP contribution in [0.3, 0.4) is 0 Å². The summed E-state index contributed by atoms with van der Waals surface area (Å²) in [6.07, 6.45) is 0.404. The first-order valence-corrected chi connectivity index (χ1v) is 11.3. The second kappa shape index (κ2) is 9.47. The topological polar surface area (TPSA) is 99.2 Å². The van der Waals surface area contributed by atoms with Gasteiger partial charge in [0.05, 0.1) is 31.3 Å². The van der Waals surface area contributed by atoms with Gasteiger partial charge in [-0.15, -0.1) is 0 Å². The number of esters is 1. The number of hydrogen-bond acceptors (Lipinski definition) is 7. The predicted octanol–water partition coefficient (Wildman–Crippen LogP) is 1.84. The summed E-state index contributed by atoms with van der Waals surface area (Å²) in [4.78, 5) is 26.7. The first-order valence-electron chi connectivity index (χ1n) is 9.47. The summed E-state index contributed by atoms with van der Waals surface area (Å²) in [6, 6.07) is 2.67. The van der Waals surface area contributed by atoms with Crippen LogP contribution in [0.15, 0.2) is 12.1 Å². The Kier molecular flexibility index (Phi) is 7.51. The van der Waals surface area contributed by atoms with E-state index in [0.29, 0.717) is 24.5 Å². The van der Waals surface area contributed by atoms with Crippen LogP contribution in [0.25, 0.3) is 0 Å². The molecule has 1 fully saturated rings. The fraction of sp³-hybridized carbons (Fsp3) is 0.600. The van der Waals surface area contributed by atoms with E-state index < -0.39 is 28.3 Å². The average Bonchev–Trinajstić information content (AvgIpc) is 3.03. The molecule has 0 unspecified atom stereocenters. The van der Waals surface area contributed by atoms with Crippen molar-refractivity contribution in [1.82, 2.24) is 4.90 Å². The monoisotopic (exact) mass is 427 g/mol. The van der Waals surface area contributed by atoms with E-state index >= 15 is 0 Å². The van der Waals surface area contributed by atoms with Gasteiger partial charge in [0, 0.05) is 18.2 Å². The zero-order valence-corrected chi connectivity index (χ0v) is 18.4. The van der Waals surface area contributed by atoms with E-state index in [1.807, 2.05) is 13.8 Å². The van der Waals surface area contributed by atoms with Crippen LogP contribution in [-0.4, -0.2) is 70.1 Å². The number of nitrogens with zero attached hydrogens (tertiary/aromatic N) is 1. The molecule has 1 aromatic rings. The van der Waals surface area contributed by atoms with Gasteiger partial charge in [-0.25, -0.2) is 13.2 Å². The van der Waals surface area contributed by atoms with Crippen molar-refractivity contribution in [3.8, 4) is 11.5 Å². The van der Waals surface area contributed by atoms with Gasteiger partial charge in [0.1, 0.15) is 11.5 Å². The molecule has 1 aliphatic rings. The van der Waals surface area contributed by atoms with Gasteiger partial charge in [-0.05, 0) is 31.4 Å². The van der Waals surface area contributed by atoms with E-state index in [1.54, 1.807) is 6.92 Å². The minimum Gasteiger partial charge on any atom is -0.496 e. The van der Waals surface area contributed by atoms with Crippen LogP contribution in [0.2, 0.25) is 0 Å². The third-order valence-corrected chi connectivity index (χ3v) is 6.60. The number of sulfone groups is 1. The van der Waals surface area contributed by atoms with Gasteiger partial charge >= 0.3 is 5.97 Å². The minimum atomic E-state index is -3.13. The molecular formula is C20H29NO7S. The minimum absolute atomic E-state index is 0.0498. The number of amides is 1. The molecule has 9 heteroatoms. The smallest absolute Gasteiger partial charge is 0.338 e. The van der Waals surface area contributed by atoms with Gasteiger partial charge in [0.2, 0.25) is 0 Å². The Morgan fingerprint density at radius 1 is 1.17 bits per heavy atom. The zero-order valence-electron chi connectivity index (χ0n) is 17.6. The van der Waals surface area contributed by atoms with Gasteiger partial charge in [0.15, 0.2) is 16.4 Å². The molecule has 29 heavy (non-hydrogen) atoms. The Bertz CT molecular complexity index is 839.